The lowest BCUT2D eigenvalue weighted by molar-refractivity contribution is 0.0259. The summed E-state index contributed by atoms with van der Waals surface area (Å²) in [4.78, 5) is 0. The van der Waals surface area contributed by atoms with Crippen LogP contribution in [-0.2, 0) is 0 Å². The van der Waals surface area contributed by atoms with Gasteiger partial charge in [0.25, 0.3) is 0 Å². The molecule has 0 aliphatic rings. The fourth-order valence-electron chi connectivity index (χ4n) is 0.597. The minimum Gasteiger partial charge on any atom is -0.146 e. The van der Waals surface area contributed by atoms with Crippen molar-refractivity contribution >= 4 is 0 Å². The minimum atomic E-state index is 0.577. The molecule has 8 heavy (non-hydrogen) atoms. The van der Waals surface area contributed by atoms with E-state index in [2.05, 4.69) is 0 Å². The van der Waals surface area contributed by atoms with E-state index in [1.165, 1.54) is 0 Å². The lowest BCUT2D eigenvalue weighted by Crippen LogP contribution is -2.14. The van der Waals surface area contributed by atoms with Crippen LogP contribution in [0.3, 0.4) is 0 Å². The molecule has 50 valence electrons. The number of halogens is 1. The topological polar surface area (TPSA) is 3.24 Å². The Labute approximate surface area is 50.4 Å². The Bertz CT molecular complexity index is 41.8. The lowest BCUT2D eigenvalue weighted by Gasteiger charge is -2.06. The molecule has 0 spiro atoms. The number of hydrogen-bond donors (Lipinski definition) is 0. The molecule has 0 radical (unpaired) electrons. The summed E-state index contributed by atoms with van der Waals surface area (Å²) in [6.45, 7) is 5.10. The van der Waals surface area contributed by atoms with Gasteiger partial charge in [-0.15, -0.1) is 9.60 Å². The first kappa shape index (κ1) is 7.89. The first-order valence-electron chi connectivity index (χ1n) is 3.22. The maximum absolute atomic E-state index is 12.2. The van der Waals surface area contributed by atoms with Gasteiger partial charge >= 0.3 is 0 Å². The summed E-state index contributed by atoms with van der Waals surface area (Å²) < 4.78 is 12.2. The average molecular weight is 119 g/mol. The molecule has 0 atom stereocenters. The summed E-state index contributed by atoms with van der Waals surface area (Å²) in [6, 6.07) is 0. The van der Waals surface area contributed by atoms with Crippen molar-refractivity contribution in [1.82, 2.24) is 5.12 Å². The van der Waals surface area contributed by atoms with Crippen LogP contribution in [0.2, 0.25) is 0 Å². The molecule has 0 bridgehead atoms. The molecule has 1 nitrogen and oxygen atoms in total. The Kier molecular flexibility index (Phi) is 4.97. The van der Waals surface area contributed by atoms with Gasteiger partial charge in [0.2, 0.25) is 0 Å². The Morgan fingerprint density at radius 1 is 1.12 bits per heavy atom. The zero-order valence-electron chi connectivity index (χ0n) is 5.65. The maximum atomic E-state index is 12.2. The van der Waals surface area contributed by atoms with E-state index in [0.29, 0.717) is 13.1 Å². The van der Waals surface area contributed by atoms with E-state index in [9.17, 15) is 4.48 Å². The quantitative estimate of drug-likeness (QED) is 0.511. The van der Waals surface area contributed by atoms with E-state index in [1.807, 2.05) is 13.8 Å². The van der Waals surface area contributed by atoms with Gasteiger partial charge in [0.1, 0.15) is 0 Å². The molecule has 0 N–H and O–H groups in total. The Morgan fingerprint density at radius 2 is 1.50 bits per heavy atom. The Morgan fingerprint density at radius 3 is 1.75 bits per heavy atom. The molecule has 2 heteroatoms. The SMILES string of the molecule is CCCN(F)CCC. The van der Waals surface area contributed by atoms with Crippen LogP contribution in [0, 0.1) is 0 Å². The number of rotatable bonds is 4. The van der Waals surface area contributed by atoms with E-state index in [4.69, 9.17) is 0 Å². The van der Waals surface area contributed by atoms with E-state index < -0.39 is 0 Å². The summed E-state index contributed by atoms with van der Waals surface area (Å²) in [6.07, 6.45) is 1.80. The van der Waals surface area contributed by atoms with Gasteiger partial charge in [-0.25, -0.2) is 0 Å². The second-order valence-corrected chi connectivity index (χ2v) is 1.91. The van der Waals surface area contributed by atoms with Gasteiger partial charge in [-0.05, 0) is 12.8 Å². The fraction of sp³-hybridized carbons (Fsp3) is 1.00. The summed E-state index contributed by atoms with van der Waals surface area (Å²) >= 11 is 0. The van der Waals surface area contributed by atoms with Crippen LogP contribution < -0.4 is 0 Å². The smallest absolute Gasteiger partial charge is 0.0287 e. The van der Waals surface area contributed by atoms with Crippen LogP contribution in [-0.4, -0.2) is 18.2 Å². The minimum absolute atomic E-state index is 0.577. The number of nitrogens with zero attached hydrogens (tertiary/aromatic N) is 1. The molecule has 0 aromatic carbocycles. The summed E-state index contributed by atoms with van der Waals surface area (Å²) in [5, 5.41) is 0.861. The van der Waals surface area contributed by atoms with Gasteiger partial charge in [-0.1, -0.05) is 13.8 Å². The van der Waals surface area contributed by atoms with E-state index in [0.717, 1.165) is 18.0 Å². The molecule has 0 fully saturated rings. The molecule has 0 amide bonds. The van der Waals surface area contributed by atoms with Crippen molar-refractivity contribution < 1.29 is 4.48 Å². The highest BCUT2D eigenvalue weighted by Gasteiger charge is 1.95. The van der Waals surface area contributed by atoms with E-state index in [1.54, 1.807) is 0 Å². The van der Waals surface area contributed by atoms with Crippen molar-refractivity contribution in [1.29, 1.82) is 0 Å². The van der Waals surface area contributed by atoms with Gasteiger partial charge in [-0.2, -0.15) is 0 Å². The summed E-state index contributed by atoms with van der Waals surface area (Å²) in [5.41, 5.74) is 0. The second-order valence-electron chi connectivity index (χ2n) is 1.91. The zero-order chi connectivity index (χ0) is 6.41. The highest BCUT2D eigenvalue weighted by molar-refractivity contribution is 4.39. The summed E-state index contributed by atoms with van der Waals surface area (Å²) in [7, 11) is 0. The van der Waals surface area contributed by atoms with Crippen molar-refractivity contribution in [2.45, 2.75) is 26.7 Å². The maximum Gasteiger partial charge on any atom is 0.0287 e. The molecule has 0 rings (SSSR count). The van der Waals surface area contributed by atoms with Crippen LogP contribution in [0.1, 0.15) is 26.7 Å². The molecule has 0 saturated heterocycles. The molecular formula is C6H14FN. The van der Waals surface area contributed by atoms with Crippen molar-refractivity contribution in [3.63, 3.8) is 0 Å². The van der Waals surface area contributed by atoms with Crippen molar-refractivity contribution in [3.05, 3.63) is 0 Å². The predicted octanol–water partition coefficient (Wildman–Crippen LogP) is 1.99. The Balaban J connectivity index is 2.92. The van der Waals surface area contributed by atoms with Crippen molar-refractivity contribution in [2.24, 2.45) is 0 Å². The van der Waals surface area contributed by atoms with Crippen LogP contribution in [0.5, 0.6) is 0 Å². The van der Waals surface area contributed by atoms with Gasteiger partial charge in [0.15, 0.2) is 0 Å². The standard InChI is InChI=1S/C6H14FN/c1-3-5-8(7)6-4-2/h3-6H2,1-2H3. The number of hydrogen-bond acceptors (Lipinski definition) is 1. The Hall–Kier alpha value is -0.110. The summed E-state index contributed by atoms with van der Waals surface area (Å²) in [5.74, 6) is 0. The third kappa shape index (κ3) is 4.06. The first-order valence-corrected chi connectivity index (χ1v) is 3.22. The van der Waals surface area contributed by atoms with Crippen LogP contribution in [0.25, 0.3) is 0 Å². The van der Waals surface area contributed by atoms with Crippen molar-refractivity contribution in [3.8, 4) is 0 Å². The predicted molar refractivity (Wildman–Crippen MR) is 33.3 cm³/mol. The molecular weight excluding hydrogens is 105 g/mol. The highest BCUT2D eigenvalue weighted by Crippen LogP contribution is 1.92. The molecule has 0 saturated carbocycles. The molecule has 0 heterocycles. The van der Waals surface area contributed by atoms with Gasteiger partial charge in [-0.3, -0.25) is 0 Å². The fourth-order valence-corrected chi connectivity index (χ4v) is 0.597. The van der Waals surface area contributed by atoms with Crippen LogP contribution in [0.4, 0.5) is 4.48 Å². The molecule has 0 aliphatic heterocycles. The normalized spacial score (nSPS) is 10.5. The third-order valence-electron chi connectivity index (χ3n) is 0.932. The van der Waals surface area contributed by atoms with E-state index in [-0.39, 0.29) is 0 Å². The molecule has 0 aliphatic carbocycles. The highest BCUT2D eigenvalue weighted by atomic mass is 19.2. The zero-order valence-corrected chi connectivity index (χ0v) is 5.65. The van der Waals surface area contributed by atoms with E-state index >= 15 is 0 Å². The van der Waals surface area contributed by atoms with Crippen molar-refractivity contribution in [2.75, 3.05) is 13.1 Å². The van der Waals surface area contributed by atoms with Gasteiger partial charge in [0.05, 0.1) is 0 Å². The van der Waals surface area contributed by atoms with Crippen LogP contribution >= 0.6 is 0 Å². The monoisotopic (exact) mass is 119 g/mol. The molecule has 0 unspecified atom stereocenters. The lowest BCUT2D eigenvalue weighted by atomic mass is 10.4. The van der Waals surface area contributed by atoms with Gasteiger partial charge in [0, 0.05) is 13.1 Å². The van der Waals surface area contributed by atoms with Crippen LogP contribution in [0.15, 0.2) is 0 Å². The van der Waals surface area contributed by atoms with Gasteiger partial charge < -0.3 is 0 Å². The third-order valence-corrected chi connectivity index (χ3v) is 0.932. The largest absolute Gasteiger partial charge is 0.146 e. The average Bonchev–Trinajstić information content (AvgIpc) is 1.68. The first-order chi connectivity index (χ1) is 3.81. The molecule has 0 aromatic rings. The second kappa shape index (κ2) is 5.04. The molecule has 0 aromatic heterocycles.